The topological polar surface area (TPSA) is 39.6 Å². The Morgan fingerprint density at radius 1 is 0.955 bits per heavy atom. The SMILES string of the molecule is N#Cc1c(-c2ccccc2F)cc(-c2ccccc2)[nH]c1=S. The number of halogens is 1. The van der Waals surface area contributed by atoms with Gasteiger partial charge in [0.05, 0.1) is 5.56 Å². The number of hydrogen-bond donors (Lipinski definition) is 1. The summed E-state index contributed by atoms with van der Waals surface area (Å²) in [6, 6.07) is 19.8. The lowest BCUT2D eigenvalue weighted by Gasteiger charge is -2.10. The molecule has 0 saturated heterocycles. The van der Waals surface area contributed by atoms with Gasteiger partial charge in [0.2, 0.25) is 0 Å². The molecule has 0 aliphatic heterocycles. The zero-order valence-corrected chi connectivity index (χ0v) is 12.3. The molecule has 0 unspecified atom stereocenters. The summed E-state index contributed by atoms with van der Waals surface area (Å²) in [5.41, 5.74) is 2.83. The van der Waals surface area contributed by atoms with Gasteiger partial charge in [0.25, 0.3) is 0 Å². The quantitative estimate of drug-likeness (QED) is 0.670. The summed E-state index contributed by atoms with van der Waals surface area (Å²) in [5.74, 6) is -0.376. The minimum atomic E-state index is -0.376. The highest BCUT2D eigenvalue weighted by atomic mass is 32.1. The number of H-pyrrole nitrogens is 1. The highest BCUT2D eigenvalue weighted by Gasteiger charge is 2.13. The van der Waals surface area contributed by atoms with E-state index in [2.05, 4.69) is 11.1 Å². The van der Waals surface area contributed by atoms with E-state index < -0.39 is 0 Å². The number of benzene rings is 2. The van der Waals surface area contributed by atoms with Gasteiger partial charge in [0.15, 0.2) is 0 Å². The first-order valence-electron chi connectivity index (χ1n) is 6.68. The van der Waals surface area contributed by atoms with Gasteiger partial charge in [-0.25, -0.2) is 4.39 Å². The second kappa shape index (κ2) is 5.92. The molecule has 0 radical (unpaired) electrons. The average Bonchev–Trinajstić information content (AvgIpc) is 2.55. The average molecular weight is 306 g/mol. The molecule has 106 valence electrons. The maximum absolute atomic E-state index is 14.1. The molecule has 2 aromatic carbocycles. The molecule has 0 aliphatic rings. The monoisotopic (exact) mass is 306 g/mol. The molecule has 3 aromatic rings. The van der Waals surface area contributed by atoms with Gasteiger partial charge in [0, 0.05) is 16.8 Å². The third-order valence-corrected chi connectivity index (χ3v) is 3.70. The molecule has 0 bridgehead atoms. The Morgan fingerprint density at radius 2 is 1.64 bits per heavy atom. The molecule has 0 aliphatic carbocycles. The summed E-state index contributed by atoms with van der Waals surface area (Å²) in [6.45, 7) is 0. The summed E-state index contributed by atoms with van der Waals surface area (Å²) in [5, 5.41) is 9.35. The lowest BCUT2D eigenvalue weighted by molar-refractivity contribution is 0.631. The lowest BCUT2D eigenvalue weighted by atomic mass is 9.99. The molecule has 0 atom stereocenters. The van der Waals surface area contributed by atoms with Gasteiger partial charge >= 0.3 is 0 Å². The van der Waals surface area contributed by atoms with Crippen molar-refractivity contribution in [3.05, 3.63) is 76.7 Å². The highest BCUT2D eigenvalue weighted by Crippen LogP contribution is 2.30. The number of hydrogen-bond acceptors (Lipinski definition) is 2. The van der Waals surface area contributed by atoms with Crippen LogP contribution in [-0.4, -0.2) is 4.98 Å². The fourth-order valence-corrected chi connectivity index (χ4v) is 2.60. The van der Waals surface area contributed by atoms with Crippen molar-refractivity contribution >= 4 is 12.2 Å². The minimum absolute atomic E-state index is 0.278. The third-order valence-electron chi connectivity index (χ3n) is 3.39. The Balaban J connectivity index is 2.30. The number of aromatic amines is 1. The molecule has 0 fully saturated rings. The fourth-order valence-electron chi connectivity index (χ4n) is 2.34. The molecule has 22 heavy (non-hydrogen) atoms. The van der Waals surface area contributed by atoms with Crippen molar-refractivity contribution in [3.8, 4) is 28.5 Å². The van der Waals surface area contributed by atoms with Crippen LogP contribution in [-0.2, 0) is 0 Å². The van der Waals surface area contributed by atoms with E-state index >= 15 is 0 Å². The van der Waals surface area contributed by atoms with Crippen molar-refractivity contribution in [1.82, 2.24) is 4.98 Å². The van der Waals surface area contributed by atoms with Gasteiger partial charge in [-0.3, -0.25) is 0 Å². The maximum Gasteiger partial charge on any atom is 0.131 e. The predicted molar refractivity (Wildman–Crippen MR) is 87.2 cm³/mol. The summed E-state index contributed by atoms with van der Waals surface area (Å²) in [7, 11) is 0. The first kappa shape index (κ1) is 14.2. The Bertz CT molecular complexity index is 924. The largest absolute Gasteiger partial charge is 0.345 e. The molecule has 1 aromatic heterocycles. The van der Waals surface area contributed by atoms with Gasteiger partial charge in [-0.15, -0.1) is 0 Å². The van der Waals surface area contributed by atoms with Crippen LogP contribution in [0.3, 0.4) is 0 Å². The standard InChI is InChI=1S/C18H11FN2S/c19-16-9-5-4-8-13(16)14-10-17(12-6-2-1-3-7-12)21-18(22)15(14)11-20/h1-10H,(H,21,22). The first-order chi connectivity index (χ1) is 10.7. The Morgan fingerprint density at radius 3 is 2.32 bits per heavy atom. The number of nitrogens with zero attached hydrogens (tertiary/aromatic N) is 1. The van der Waals surface area contributed by atoms with Gasteiger partial charge in [0.1, 0.15) is 16.5 Å². The Labute approximate surface area is 132 Å². The van der Waals surface area contributed by atoms with E-state index in [0.29, 0.717) is 15.8 Å². The number of aromatic nitrogens is 1. The third kappa shape index (κ3) is 2.54. The van der Waals surface area contributed by atoms with Crippen LogP contribution in [0.5, 0.6) is 0 Å². The van der Waals surface area contributed by atoms with E-state index in [1.54, 1.807) is 24.3 Å². The van der Waals surface area contributed by atoms with Crippen LogP contribution < -0.4 is 0 Å². The second-order valence-electron chi connectivity index (χ2n) is 4.76. The summed E-state index contributed by atoms with van der Waals surface area (Å²) in [4.78, 5) is 3.04. The minimum Gasteiger partial charge on any atom is -0.345 e. The fraction of sp³-hybridized carbons (Fsp3) is 0. The predicted octanol–water partition coefficient (Wildman–Crippen LogP) is 5.09. The van der Waals surface area contributed by atoms with Gasteiger partial charge in [-0.05, 0) is 17.7 Å². The Hall–Kier alpha value is -2.77. The molecule has 0 saturated carbocycles. The van der Waals surface area contributed by atoms with Crippen molar-refractivity contribution in [1.29, 1.82) is 5.26 Å². The number of pyridine rings is 1. The first-order valence-corrected chi connectivity index (χ1v) is 7.09. The van der Waals surface area contributed by atoms with Crippen molar-refractivity contribution in [2.75, 3.05) is 0 Å². The van der Waals surface area contributed by atoms with Crippen molar-refractivity contribution in [2.45, 2.75) is 0 Å². The molecule has 1 heterocycles. The molecular weight excluding hydrogens is 295 g/mol. The van der Waals surface area contributed by atoms with Gasteiger partial charge in [-0.2, -0.15) is 5.26 Å². The van der Waals surface area contributed by atoms with E-state index in [9.17, 15) is 9.65 Å². The number of rotatable bonds is 2. The van der Waals surface area contributed by atoms with Crippen LogP contribution in [0.1, 0.15) is 5.56 Å². The van der Waals surface area contributed by atoms with Crippen LogP contribution >= 0.6 is 12.2 Å². The Kier molecular flexibility index (Phi) is 3.82. The molecular formula is C18H11FN2S. The van der Waals surface area contributed by atoms with E-state index in [4.69, 9.17) is 12.2 Å². The zero-order chi connectivity index (χ0) is 15.5. The van der Waals surface area contributed by atoms with Gasteiger partial charge < -0.3 is 4.98 Å². The van der Waals surface area contributed by atoms with E-state index in [1.807, 2.05) is 30.3 Å². The van der Waals surface area contributed by atoms with Crippen LogP contribution in [0.15, 0.2) is 60.7 Å². The van der Waals surface area contributed by atoms with Crippen LogP contribution in [0.25, 0.3) is 22.4 Å². The number of nitrogens with one attached hydrogen (secondary N) is 1. The molecule has 1 N–H and O–H groups in total. The van der Waals surface area contributed by atoms with Gasteiger partial charge in [-0.1, -0.05) is 60.7 Å². The van der Waals surface area contributed by atoms with Crippen LogP contribution in [0.4, 0.5) is 4.39 Å². The molecule has 4 heteroatoms. The second-order valence-corrected chi connectivity index (χ2v) is 5.17. The molecule has 0 amide bonds. The van der Waals surface area contributed by atoms with Crippen molar-refractivity contribution in [3.63, 3.8) is 0 Å². The van der Waals surface area contributed by atoms with Crippen molar-refractivity contribution in [2.24, 2.45) is 0 Å². The van der Waals surface area contributed by atoms with E-state index in [-0.39, 0.29) is 11.4 Å². The van der Waals surface area contributed by atoms with Crippen LogP contribution in [0, 0.1) is 21.8 Å². The molecule has 2 nitrogen and oxygen atoms in total. The maximum atomic E-state index is 14.1. The van der Waals surface area contributed by atoms with Crippen molar-refractivity contribution < 1.29 is 4.39 Å². The lowest BCUT2D eigenvalue weighted by Crippen LogP contribution is -1.94. The summed E-state index contributed by atoms with van der Waals surface area (Å²) < 4.78 is 14.4. The zero-order valence-electron chi connectivity index (χ0n) is 11.5. The summed E-state index contributed by atoms with van der Waals surface area (Å²) in [6.07, 6.45) is 0. The molecule has 0 spiro atoms. The number of nitriles is 1. The van der Waals surface area contributed by atoms with E-state index in [1.165, 1.54) is 6.07 Å². The van der Waals surface area contributed by atoms with E-state index in [0.717, 1.165) is 11.3 Å². The normalized spacial score (nSPS) is 10.2. The molecule has 3 rings (SSSR count). The van der Waals surface area contributed by atoms with Crippen LogP contribution in [0.2, 0.25) is 0 Å². The highest BCUT2D eigenvalue weighted by molar-refractivity contribution is 7.71. The summed E-state index contributed by atoms with van der Waals surface area (Å²) >= 11 is 5.27. The smallest absolute Gasteiger partial charge is 0.131 e.